The maximum atomic E-state index is 4.43. The molecular formula is C14H11N5. The predicted molar refractivity (Wildman–Crippen MR) is 73.1 cm³/mol. The minimum Gasteiger partial charge on any atom is -0.335 e. The Hall–Kier alpha value is -2.69. The van der Waals surface area contributed by atoms with Crippen molar-refractivity contribution in [3.8, 4) is 5.82 Å². The monoisotopic (exact) mass is 249 g/mol. The van der Waals surface area contributed by atoms with E-state index in [1.807, 2.05) is 52.8 Å². The molecule has 0 aromatic carbocycles. The molecule has 4 aromatic rings. The molecule has 5 heteroatoms. The molecule has 5 nitrogen and oxygen atoms in total. The van der Waals surface area contributed by atoms with Crippen molar-refractivity contribution in [2.75, 3.05) is 0 Å². The lowest BCUT2D eigenvalue weighted by Gasteiger charge is -2.05. The van der Waals surface area contributed by atoms with E-state index in [-0.39, 0.29) is 0 Å². The van der Waals surface area contributed by atoms with Gasteiger partial charge in [-0.3, -0.25) is 4.57 Å². The fourth-order valence-corrected chi connectivity index (χ4v) is 2.39. The molecule has 4 rings (SSSR count). The van der Waals surface area contributed by atoms with Gasteiger partial charge in [0.1, 0.15) is 17.6 Å². The molecule has 0 aliphatic carbocycles. The number of fused-ring (bicyclic) bond motifs is 2. The van der Waals surface area contributed by atoms with Crippen LogP contribution in [0, 0.1) is 0 Å². The van der Waals surface area contributed by atoms with Crippen molar-refractivity contribution >= 4 is 22.1 Å². The average molecular weight is 249 g/mol. The van der Waals surface area contributed by atoms with Crippen molar-refractivity contribution in [3.05, 3.63) is 49.2 Å². The van der Waals surface area contributed by atoms with Crippen molar-refractivity contribution in [1.82, 2.24) is 24.1 Å². The number of nitrogens with zero attached hydrogens (tertiary/aromatic N) is 5. The summed E-state index contributed by atoms with van der Waals surface area (Å²) < 4.78 is 3.99. The van der Waals surface area contributed by atoms with Crippen LogP contribution in [-0.2, 0) is 7.05 Å². The summed E-state index contributed by atoms with van der Waals surface area (Å²) in [4.78, 5) is 13.1. The van der Waals surface area contributed by atoms with Crippen molar-refractivity contribution < 1.29 is 0 Å². The highest BCUT2D eigenvalue weighted by Gasteiger charge is 2.10. The van der Waals surface area contributed by atoms with Gasteiger partial charge in [0.15, 0.2) is 5.82 Å². The number of pyridine rings is 1. The van der Waals surface area contributed by atoms with Gasteiger partial charge in [0.25, 0.3) is 0 Å². The summed E-state index contributed by atoms with van der Waals surface area (Å²) in [6.07, 6.45) is 7.36. The lowest BCUT2D eigenvalue weighted by Crippen LogP contribution is -1.99. The van der Waals surface area contributed by atoms with Crippen LogP contribution in [0.1, 0.15) is 0 Å². The first-order valence-corrected chi connectivity index (χ1v) is 6.03. The van der Waals surface area contributed by atoms with Gasteiger partial charge in [-0.25, -0.2) is 15.0 Å². The summed E-state index contributed by atoms with van der Waals surface area (Å²) in [7, 11) is 1.98. The minimum absolute atomic E-state index is 0.860. The standard InChI is InChI=1S/C14H11N5/c1-18-7-5-11-13(18)16-9-17-14(11)19-8-4-10-3-2-6-15-12(10)19/h2-9H,1H3. The topological polar surface area (TPSA) is 48.5 Å². The van der Waals surface area contributed by atoms with Gasteiger partial charge in [0.2, 0.25) is 0 Å². The summed E-state index contributed by atoms with van der Waals surface area (Å²) >= 11 is 0. The normalized spacial score (nSPS) is 11.4. The van der Waals surface area contributed by atoms with E-state index in [2.05, 4.69) is 15.0 Å². The first kappa shape index (κ1) is 10.3. The summed E-state index contributed by atoms with van der Waals surface area (Å²) in [5, 5.41) is 2.12. The Morgan fingerprint density at radius 1 is 0.947 bits per heavy atom. The maximum Gasteiger partial charge on any atom is 0.151 e. The zero-order valence-corrected chi connectivity index (χ0v) is 10.4. The fraction of sp³-hybridized carbons (Fsp3) is 0.0714. The Morgan fingerprint density at radius 3 is 2.84 bits per heavy atom. The molecule has 4 aromatic heterocycles. The Kier molecular flexibility index (Phi) is 1.97. The minimum atomic E-state index is 0.860. The van der Waals surface area contributed by atoms with E-state index >= 15 is 0 Å². The van der Waals surface area contributed by atoms with Crippen LogP contribution in [0.3, 0.4) is 0 Å². The molecule has 0 amide bonds. The Balaban J connectivity index is 2.09. The summed E-state index contributed by atoms with van der Waals surface area (Å²) in [6, 6.07) is 8.05. The van der Waals surface area contributed by atoms with Gasteiger partial charge in [0, 0.05) is 31.0 Å². The number of hydrogen-bond acceptors (Lipinski definition) is 3. The predicted octanol–water partition coefficient (Wildman–Crippen LogP) is 2.31. The molecule has 0 atom stereocenters. The SMILES string of the molecule is Cn1ccc2c(-n3ccc4cccnc43)ncnc21. The van der Waals surface area contributed by atoms with Crippen LogP contribution in [0.25, 0.3) is 27.9 Å². The molecule has 0 fully saturated rings. The molecule has 0 unspecified atom stereocenters. The molecule has 0 bridgehead atoms. The van der Waals surface area contributed by atoms with E-state index in [9.17, 15) is 0 Å². The lowest BCUT2D eigenvalue weighted by atomic mass is 10.3. The van der Waals surface area contributed by atoms with Crippen molar-refractivity contribution in [1.29, 1.82) is 0 Å². The third-order valence-electron chi connectivity index (χ3n) is 3.32. The van der Waals surface area contributed by atoms with E-state index in [1.165, 1.54) is 0 Å². The van der Waals surface area contributed by atoms with Crippen LogP contribution in [0.5, 0.6) is 0 Å². The summed E-state index contributed by atoms with van der Waals surface area (Å²) in [5.74, 6) is 0.860. The fourth-order valence-electron chi connectivity index (χ4n) is 2.39. The molecule has 0 aliphatic rings. The maximum absolute atomic E-state index is 4.43. The van der Waals surface area contributed by atoms with Gasteiger partial charge in [-0.1, -0.05) is 0 Å². The highest BCUT2D eigenvalue weighted by atomic mass is 15.1. The molecule has 92 valence electrons. The molecule has 0 spiro atoms. The second kappa shape index (κ2) is 3.65. The third kappa shape index (κ3) is 1.38. The molecule has 0 saturated carbocycles. The number of hydrogen-bond donors (Lipinski definition) is 0. The Morgan fingerprint density at radius 2 is 1.89 bits per heavy atom. The second-order valence-electron chi connectivity index (χ2n) is 4.46. The molecule has 0 aliphatic heterocycles. The molecule has 4 heterocycles. The van der Waals surface area contributed by atoms with Crippen LogP contribution < -0.4 is 0 Å². The first-order chi connectivity index (χ1) is 9.34. The van der Waals surface area contributed by atoms with Gasteiger partial charge >= 0.3 is 0 Å². The van der Waals surface area contributed by atoms with Crippen LogP contribution in [0.4, 0.5) is 0 Å². The number of rotatable bonds is 1. The quantitative estimate of drug-likeness (QED) is 0.520. The average Bonchev–Trinajstić information content (AvgIpc) is 3.03. The highest BCUT2D eigenvalue weighted by Crippen LogP contribution is 2.23. The molecule has 0 radical (unpaired) electrons. The highest BCUT2D eigenvalue weighted by molar-refractivity contribution is 5.86. The van der Waals surface area contributed by atoms with E-state index in [0.717, 1.165) is 27.9 Å². The first-order valence-electron chi connectivity index (χ1n) is 6.03. The van der Waals surface area contributed by atoms with E-state index in [0.29, 0.717) is 0 Å². The van der Waals surface area contributed by atoms with Crippen molar-refractivity contribution in [3.63, 3.8) is 0 Å². The smallest absolute Gasteiger partial charge is 0.151 e. The van der Waals surface area contributed by atoms with Gasteiger partial charge in [-0.15, -0.1) is 0 Å². The zero-order chi connectivity index (χ0) is 12.8. The Labute approximate surface area is 109 Å². The summed E-state index contributed by atoms with van der Waals surface area (Å²) in [5.41, 5.74) is 1.83. The van der Waals surface area contributed by atoms with Crippen LogP contribution in [0.15, 0.2) is 49.2 Å². The third-order valence-corrected chi connectivity index (χ3v) is 3.32. The number of aromatic nitrogens is 5. The van der Waals surface area contributed by atoms with Crippen LogP contribution >= 0.6 is 0 Å². The van der Waals surface area contributed by atoms with Crippen LogP contribution in [0.2, 0.25) is 0 Å². The molecular weight excluding hydrogens is 238 g/mol. The van der Waals surface area contributed by atoms with Gasteiger partial charge < -0.3 is 4.57 Å². The lowest BCUT2D eigenvalue weighted by molar-refractivity contribution is 0.936. The molecule has 19 heavy (non-hydrogen) atoms. The largest absolute Gasteiger partial charge is 0.335 e. The second-order valence-corrected chi connectivity index (χ2v) is 4.46. The van der Waals surface area contributed by atoms with Gasteiger partial charge in [-0.05, 0) is 24.3 Å². The zero-order valence-electron chi connectivity index (χ0n) is 10.4. The molecule has 0 N–H and O–H groups in total. The van der Waals surface area contributed by atoms with Crippen LogP contribution in [-0.4, -0.2) is 24.1 Å². The molecule has 0 saturated heterocycles. The Bertz CT molecular complexity index is 887. The number of aryl methyl sites for hydroxylation is 1. The van der Waals surface area contributed by atoms with E-state index in [4.69, 9.17) is 0 Å². The van der Waals surface area contributed by atoms with Crippen molar-refractivity contribution in [2.45, 2.75) is 0 Å². The van der Waals surface area contributed by atoms with Gasteiger partial charge in [0.05, 0.1) is 5.39 Å². The van der Waals surface area contributed by atoms with Gasteiger partial charge in [-0.2, -0.15) is 0 Å². The van der Waals surface area contributed by atoms with Crippen molar-refractivity contribution in [2.24, 2.45) is 7.05 Å². The van der Waals surface area contributed by atoms with E-state index < -0.39 is 0 Å². The van der Waals surface area contributed by atoms with E-state index in [1.54, 1.807) is 12.5 Å². The summed E-state index contributed by atoms with van der Waals surface area (Å²) in [6.45, 7) is 0.